The number of carbonyl (C=O) groups excluding carboxylic acids is 1. The Morgan fingerprint density at radius 1 is 0.889 bits per heavy atom. The molecule has 1 aliphatic heterocycles. The first kappa shape index (κ1) is 24.8. The number of rotatable bonds is 16. The number of hydrogen-bond acceptors (Lipinski definition) is 2. The van der Waals surface area contributed by atoms with Gasteiger partial charge < -0.3 is 0 Å². The molecule has 3 nitrogen and oxygen atoms in total. The van der Waals surface area contributed by atoms with Crippen molar-refractivity contribution < 1.29 is 9.53 Å². The summed E-state index contributed by atoms with van der Waals surface area (Å²) in [6.45, 7) is 10.6. The normalized spacial score (nSPS) is 15.5. The van der Waals surface area contributed by atoms with Crippen molar-refractivity contribution >= 4 is 24.5 Å². The van der Waals surface area contributed by atoms with Crippen LogP contribution in [0.1, 0.15) is 98.3 Å². The van der Waals surface area contributed by atoms with E-state index in [1.807, 2.05) is 0 Å². The molecule has 158 valence electrons. The third-order valence-corrected chi connectivity index (χ3v) is 21.7. The monoisotopic (exact) mass is 487 g/mol. The van der Waals surface area contributed by atoms with Gasteiger partial charge in [-0.05, 0) is 0 Å². The van der Waals surface area contributed by atoms with Gasteiger partial charge in [-0.2, -0.15) is 0 Å². The molecule has 0 aliphatic carbocycles. The van der Waals surface area contributed by atoms with E-state index >= 15 is 0 Å². The minimum absolute atomic E-state index is 0.0691. The summed E-state index contributed by atoms with van der Waals surface area (Å²) in [5, 5.41) is 0. The summed E-state index contributed by atoms with van der Waals surface area (Å²) < 4.78 is 11.1. The SMILES string of the molecule is CCCCCC/C=[C](\N1CCOC1=O)[Sn]([CH2]CCC)([CH2]CCC)[CH2]CCC. The van der Waals surface area contributed by atoms with E-state index < -0.39 is 18.4 Å². The van der Waals surface area contributed by atoms with E-state index in [1.165, 1.54) is 81.2 Å². The van der Waals surface area contributed by atoms with Crippen molar-refractivity contribution in [1.29, 1.82) is 0 Å². The maximum atomic E-state index is 12.5. The van der Waals surface area contributed by atoms with Crippen molar-refractivity contribution in [3.05, 3.63) is 9.79 Å². The summed E-state index contributed by atoms with van der Waals surface area (Å²) in [4.78, 5) is 14.6. The van der Waals surface area contributed by atoms with Crippen molar-refractivity contribution in [1.82, 2.24) is 4.90 Å². The van der Waals surface area contributed by atoms with Crippen LogP contribution in [0.2, 0.25) is 13.3 Å². The Morgan fingerprint density at radius 3 is 1.89 bits per heavy atom. The van der Waals surface area contributed by atoms with Crippen molar-refractivity contribution in [3.63, 3.8) is 0 Å². The zero-order chi connectivity index (χ0) is 20.0. The standard InChI is InChI=1S/C11H18NO2.3C4H9.Sn/c1-2-3-4-5-6-7-8-12-9-10-14-11(12)13;3*1-3-4-2;/h7H,2-6,9-10H2,1H3;3*1,3-4H2,2H3;. The number of carbonyl (C=O) groups is 1. The van der Waals surface area contributed by atoms with Crippen LogP contribution in [0, 0.1) is 0 Å². The van der Waals surface area contributed by atoms with E-state index in [9.17, 15) is 4.79 Å². The van der Waals surface area contributed by atoms with Crippen LogP contribution in [-0.4, -0.2) is 42.5 Å². The van der Waals surface area contributed by atoms with Crippen LogP contribution >= 0.6 is 0 Å². The quantitative estimate of drug-likeness (QED) is 0.165. The second kappa shape index (κ2) is 14.8. The van der Waals surface area contributed by atoms with Crippen molar-refractivity contribution in [2.75, 3.05) is 13.2 Å². The molecular formula is C23H45NO2Sn. The number of unbranched alkanes of at least 4 members (excludes halogenated alkanes) is 7. The molecule has 1 rings (SSSR count). The molecule has 0 unspecified atom stereocenters. The molecule has 1 fully saturated rings. The van der Waals surface area contributed by atoms with E-state index in [2.05, 4.69) is 38.7 Å². The molecule has 0 radical (unpaired) electrons. The molecule has 27 heavy (non-hydrogen) atoms. The Bertz CT molecular complexity index is 414. The van der Waals surface area contributed by atoms with Crippen molar-refractivity contribution in [2.45, 2.75) is 112 Å². The fraction of sp³-hybridized carbons (Fsp3) is 0.870. The Morgan fingerprint density at radius 2 is 1.44 bits per heavy atom. The van der Waals surface area contributed by atoms with Gasteiger partial charge in [0.2, 0.25) is 0 Å². The number of allylic oxidation sites excluding steroid dienone is 1. The second-order valence-electron chi connectivity index (χ2n) is 8.30. The number of hydrogen-bond donors (Lipinski definition) is 0. The van der Waals surface area contributed by atoms with Gasteiger partial charge in [0.1, 0.15) is 0 Å². The van der Waals surface area contributed by atoms with Crippen LogP contribution in [0.25, 0.3) is 0 Å². The molecule has 0 aromatic rings. The van der Waals surface area contributed by atoms with Crippen LogP contribution in [0.15, 0.2) is 9.79 Å². The van der Waals surface area contributed by atoms with E-state index in [-0.39, 0.29) is 6.09 Å². The number of amides is 1. The predicted octanol–water partition coefficient (Wildman–Crippen LogP) is 7.68. The number of nitrogens with zero attached hydrogens (tertiary/aromatic N) is 1. The van der Waals surface area contributed by atoms with Crippen LogP contribution in [0.3, 0.4) is 0 Å². The van der Waals surface area contributed by atoms with Crippen molar-refractivity contribution in [3.8, 4) is 0 Å². The Hall–Kier alpha value is -0.191. The summed E-state index contributed by atoms with van der Waals surface area (Å²) in [7, 11) is 0. The molecular weight excluding hydrogens is 441 g/mol. The Balaban J connectivity index is 3.14. The van der Waals surface area contributed by atoms with Gasteiger partial charge in [0.15, 0.2) is 0 Å². The molecule has 0 atom stereocenters. The zero-order valence-electron chi connectivity index (χ0n) is 18.7. The van der Waals surface area contributed by atoms with Gasteiger partial charge in [0.25, 0.3) is 0 Å². The molecule has 0 N–H and O–H groups in total. The van der Waals surface area contributed by atoms with E-state index in [0.29, 0.717) is 6.61 Å². The van der Waals surface area contributed by atoms with Crippen LogP contribution in [-0.2, 0) is 4.74 Å². The molecule has 0 saturated carbocycles. The van der Waals surface area contributed by atoms with E-state index in [4.69, 9.17) is 4.74 Å². The molecule has 0 aromatic heterocycles. The van der Waals surface area contributed by atoms with Gasteiger partial charge in [0.05, 0.1) is 0 Å². The molecule has 1 saturated heterocycles. The average molecular weight is 486 g/mol. The number of ether oxygens (including phenoxy) is 1. The first-order chi connectivity index (χ1) is 13.1. The van der Waals surface area contributed by atoms with Gasteiger partial charge in [-0.25, -0.2) is 0 Å². The average Bonchev–Trinajstić information content (AvgIpc) is 3.10. The van der Waals surface area contributed by atoms with Crippen LogP contribution in [0.5, 0.6) is 0 Å². The molecule has 0 spiro atoms. The van der Waals surface area contributed by atoms with Crippen molar-refractivity contribution in [2.24, 2.45) is 0 Å². The van der Waals surface area contributed by atoms with Gasteiger partial charge in [-0.1, -0.05) is 0 Å². The van der Waals surface area contributed by atoms with Gasteiger partial charge in [-0.15, -0.1) is 0 Å². The number of cyclic esters (lactones) is 1. The fourth-order valence-corrected chi connectivity index (χ4v) is 21.4. The topological polar surface area (TPSA) is 29.5 Å². The first-order valence-electron chi connectivity index (χ1n) is 11.8. The summed E-state index contributed by atoms with van der Waals surface area (Å²) in [6.07, 6.45) is 16.6. The Kier molecular flexibility index (Phi) is 13.6. The summed E-state index contributed by atoms with van der Waals surface area (Å²) in [5.74, 6) is 0. The summed E-state index contributed by atoms with van der Waals surface area (Å²) in [5.41, 5.74) is 0. The molecule has 1 amide bonds. The first-order valence-corrected chi connectivity index (χ1v) is 19.3. The van der Waals surface area contributed by atoms with Gasteiger partial charge in [-0.3, -0.25) is 0 Å². The third-order valence-electron chi connectivity index (χ3n) is 6.02. The van der Waals surface area contributed by atoms with Crippen LogP contribution in [0.4, 0.5) is 4.79 Å². The maximum absolute atomic E-state index is 12.5. The fourth-order valence-electron chi connectivity index (χ4n) is 4.34. The van der Waals surface area contributed by atoms with E-state index in [0.717, 1.165) is 13.0 Å². The summed E-state index contributed by atoms with van der Waals surface area (Å²) >= 11 is -2.61. The van der Waals surface area contributed by atoms with Gasteiger partial charge >= 0.3 is 173 Å². The van der Waals surface area contributed by atoms with Gasteiger partial charge in [0, 0.05) is 0 Å². The van der Waals surface area contributed by atoms with Crippen LogP contribution < -0.4 is 0 Å². The van der Waals surface area contributed by atoms with E-state index in [1.54, 1.807) is 0 Å². The molecule has 0 aromatic carbocycles. The minimum atomic E-state index is -2.61. The Labute approximate surface area is 173 Å². The molecule has 0 bridgehead atoms. The second-order valence-corrected chi connectivity index (χ2v) is 21.3. The molecule has 1 aliphatic rings. The summed E-state index contributed by atoms with van der Waals surface area (Å²) in [6, 6.07) is 0. The molecule has 4 heteroatoms. The molecule has 1 heterocycles. The predicted molar refractivity (Wildman–Crippen MR) is 120 cm³/mol. The zero-order valence-corrected chi connectivity index (χ0v) is 21.5. The third kappa shape index (κ3) is 8.37.